The molecule has 34 heavy (non-hydrogen) atoms. The Morgan fingerprint density at radius 1 is 1.26 bits per heavy atom. The molecule has 1 saturated carbocycles. The molecule has 7 rings (SSSR count). The summed E-state index contributed by atoms with van der Waals surface area (Å²) < 4.78 is 1.75. The molecule has 0 radical (unpaired) electrons. The van der Waals surface area contributed by atoms with Crippen LogP contribution in [0.3, 0.4) is 0 Å². The number of aromatic amines is 1. The van der Waals surface area contributed by atoms with Crippen molar-refractivity contribution in [3.05, 3.63) is 45.6 Å². The van der Waals surface area contributed by atoms with Crippen LogP contribution >= 0.6 is 22.9 Å². The first kappa shape index (κ1) is 20.3. The summed E-state index contributed by atoms with van der Waals surface area (Å²) >= 11 is 8.42. The van der Waals surface area contributed by atoms with Gasteiger partial charge in [0.1, 0.15) is 17.0 Å². The molecule has 1 aromatic carbocycles. The number of aromatic nitrogens is 7. The normalized spacial score (nSPS) is 23.8. The lowest BCUT2D eigenvalue weighted by molar-refractivity contribution is 0.540. The standard InChI is InChI=1S/C23H22ClN9S/c1-11-27-17(9-34-11)23(10-25)14-7-33(8-15(14)23)18-5-26-21-20(29-30-22(21)28-18)12-3-4-16-13(19(12)24)6-32(2)31-16/h3-6,9,14-15H,7-8,10,25H2,1-2H3,(H,28,29,30)/t14-,15+,23-. The number of nitrogens with two attached hydrogens (primary N) is 1. The van der Waals surface area contributed by atoms with Crippen molar-refractivity contribution < 1.29 is 0 Å². The quantitative estimate of drug-likeness (QED) is 0.396. The number of nitrogens with zero attached hydrogens (tertiary/aromatic N) is 7. The number of H-pyrrole nitrogens is 1. The molecule has 2 aliphatic rings. The summed E-state index contributed by atoms with van der Waals surface area (Å²) in [5.41, 5.74) is 11.1. The Labute approximate surface area is 204 Å². The minimum absolute atomic E-state index is 0.0155. The molecule has 1 aliphatic carbocycles. The number of rotatable bonds is 4. The number of anilines is 1. The second-order valence-corrected chi connectivity index (χ2v) is 10.7. The maximum atomic E-state index is 6.72. The lowest BCUT2D eigenvalue weighted by Gasteiger charge is -2.25. The van der Waals surface area contributed by atoms with Gasteiger partial charge in [-0.15, -0.1) is 11.3 Å². The van der Waals surface area contributed by atoms with Gasteiger partial charge in [-0.2, -0.15) is 10.2 Å². The van der Waals surface area contributed by atoms with Gasteiger partial charge in [0.15, 0.2) is 5.65 Å². The highest BCUT2D eigenvalue weighted by Crippen LogP contribution is 2.63. The van der Waals surface area contributed by atoms with Gasteiger partial charge in [0, 0.05) is 54.6 Å². The number of aryl methyl sites for hydroxylation is 2. The second kappa shape index (κ2) is 6.97. The highest BCUT2D eigenvalue weighted by atomic mass is 35.5. The molecule has 5 aromatic rings. The van der Waals surface area contributed by atoms with Gasteiger partial charge in [-0.3, -0.25) is 9.78 Å². The molecule has 172 valence electrons. The maximum absolute atomic E-state index is 6.72. The maximum Gasteiger partial charge on any atom is 0.177 e. The van der Waals surface area contributed by atoms with Crippen LogP contribution in [0.4, 0.5) is 5.82 Å². The van der Waals surface area contributed by atoms with Crippen molar-refractivity contribution in [3.63, 3.8) is 0 Å². The number of piperidine rings is 1. The lowest BCUT2D eigenvalue weighted by Crippen LogP contribution is -2.35. The van der Waals surface area contributed by atoms with Gasteiger partial charge >= 0.3 is 0 Å². The van der Waals surface area contributed by atoms with E-state index < -0.39 is 0 Å². The fourth-order valence-corrected chi connectivity index (χ4v) is 6.78. The highest BCUT2D eigenvalue weighted by Gasteiger charge is 2.69. The predicted molar refractivity (Wildman–Crippen MR) is 133 cm³/mol. The first-order chi connectivity index (χ1) is 16.5. The molecule has 1 saturated heterocycles. The van der Waals surface area contributed by atoms with E-state index >= 15 is 0 Å². The Morgan fingerprint density at radius 3 is 2.82 bits per heavy atom. The van der Waals surface area contributed by atoms with Crippen molar-refractivity contribution in [2.24, 2.45) is 24.6 Å². The fourth-order valence-electron chi connectivity index (χ4n) is 5.78. The van der Waals surface area contributed by atoms with Crippen molar-refractivity contribution >= 4 is 50.8 Å². The fraction of sp³-hybridized carbons (Fsp3) is 0.348. The van der Waals surface area contributed by atoms with Gasteiger partial charge in [0.25, 0.3) is 0 Å². The number of thiazole rings is 1. The van der Waals surface area contributed by atoms with E-state index in [1.54, 1.807) is 16.0 Å². The van der Waals surface area contributed by atoms with Crippen LogP contribution in [0.25, 0.3) is 33.3 Å². The topological polar surface area (TPSA) is 114 Å². The molecular weight excluding hydrogens is 470 g/mol. The predicted octanol–water partition coefficient (Wildman–Crippen LogP) is 3.29. The van der Waals surface area contributed by atoms with Crippen molar-refractivity contribution in [3.8, 4) is 11.3 Å². The van der Waals surface area contributed by atoms with Gasteiger partial charge in [-0.25, -0.2) is 15.0 Å². The molecule has 0 spiro atoms. The summed E-state index contributed by atoms with van der Waals surface area (Å²) in [6.45, 7) is 4.50. The van der Waals surface area contributed by atoms with Crippen molar-refractivity contribution in [2.75, 3.05) is 24.5 Å². The van der Waals surface area contributed by atoms with Gasteiger partial charge in [0.2, 0.25) is 0 Å². The second-order valence-electron chi connectivity index (χ2n) is 9.27. The summed E-state index contributed by atoms with van der Waals surface area (Å²) in [6.07, 6.45) is 3.74. The smallest absolute Gasteiger partial charge is 0.177 e. The number of hydrogen-bond donors (Lipinski definition) is 2. The van der Waals surface area contributed by atoms with Crippen LogP contribution in [0.5, 0.6) is 0 Å². The van der Waals surface area contributed by atoms with E-state index in [1.165, 1.54) is 0 Å². The molecule has 5 heterocycles. The average molecular weight is 492 g/mol. The Kier molecular flexibility index (Phi) is 4.16. The molecule has 4 aromatic heterocycles. The van der Waals surface area contributed by atoms with Crippen LogP contribution in [0, 0.1) is 18.8 Å². The summed E-state index contributed by atoms with van der Waals surface area (Å²) in [6, 6.07) is 3.88. The molecule has 2 fully saturated rings. The summed E-state index contributed by atoms with van der Waals surface area (Å²) in [4.78, 5) is 16.6. The van der Waals surface area contributed by atoms with E-state index in [-0.39, 0.29) is 5.41 Å². The minimum atomic E-state index is 0.0155. The van der Waals surface area contributed by atoms with Crippen LogP contribution in [-0.4, -0.2) is 54.6 Å². The van der Waals surface area contributed by atoms with Crippen LogP contribution < -0.4 is 10.6 Å². The largest absolute Gasteiger partial charge is 0.355 e. The molecule has 3 atom stereocenters. The van der Waals surface area contributed by atoms with E-state index in [9.17, 15) is 0 Å². The molecular formula is C23H22ClN9S. The number of nitrogens with one attached hydrogen (secondary N) is 1. The molecule has 0 unspecified atom stereocenters. The summed E-state index contributed by atoms with van der Waals surface area (Å²) in [5, 5.41) is 16.7. The van der Waals surface area contributed by atoms with E-state index in [2.05, 4.69) is 25.6 Å². The Bertz CT molecular complexity index is 1570. The van der Waals surface area contributed by atoms with E-state index in [0.717, 1.165) is 46.1 Å². The number of halogens is 1. The van der Waals surface area contributed by atoms with Gasteiger partial charge < -0.3 is 10.6 Å². The first-order valence-corrected chi connectivity index (χ1v) is 12.5. The Balaban J connectivity index is 1.18. The van der Waals surface area contributed by atoms with Gasteiger partial charge in [0.05, 0.1) is 27.4 Å². The van der Waals surface area contributed by atoms with E-state index in [4.69, 9.17) is 32.3 Å². The number of fused-ring (bicyclic) bond motifs is 3. The summed E-state index contributed by atoms with van der Waals surface area (Å²) in [7, 11) is 1.88. The molecule has 0 bridgehead atoms. The van der Waals surface area contributed by atoms with Crippen molar-refractivity contribution in [1.82, 2.24) is 34.9 Å². The zero-order valence-electron chi connectivity index (χ0n) is 18.7. The van der Waals surface area contributed by atoms with Gasteiger partial charge in [-0.05, 0) is 30.9 Å². The lowest BCUT2D eigenvalue weighted by atomic mass is 9.96. The van der Waals surface area contributed by atoms with Crippen LogP contribution in [-0.2, 0) is 12.5 Å². The monoisotopic (exact) mass is 491 g/mol. The minimum Gasteiger partial charge on any atom is -0.355 e. The third-order valence-corrected chi connectivity index (χ3v) is 8.72. The zero-order chi connectivity index (χ0) is 23.2. The van der Waals surface area contributed by atoms with E-state index in [1.807, 2.05) is 38.5 Å². The number of hydrogen-bond acceptors (Lipinski definition) is 8. The first-order valence-electron chi connectivity index (χ1n) is 11.2. The highest BCUT2D eigenvalue weighted by molar-refractivity contribution is 7.09. The van der Waals surface area contributed by atoms with Crippen LogP contribution in [0.2, 0.25) is 5.02 Å². The number of benzene rings is 1. The molecule has 9 nitrogen and oxygen atoms in total. The Morgan fingerprint density at radius 2 is 2.09 bits per heavy atom. The van der Waals surface area contributed by atoms with Crippen LogP contribution in [0.1, 0.15) is 10.7 Å². The molecule has 1 aliphatic heterocycles. The third kappa shape index (κ3) is 2.67. The van der Waals surface area contributed by atoms with E-state index in [0.29, 0.717) is 40.3 Å². The van der Waals surface area contributed by atoms with Crippen molar-refractivity contribution in [1.29, 1.82) is 0 Å². The molecule has 0 amide bonds. The average Bonchev–Trinajstić information content (AvgIpc) is 3.44. The van der Waals surface area contributed by atoms with Crippen LogP contribution in [0.15, 0.2) is 29.9 Å². The van der Waals surface area contributed by atoms with Gasteiger partial charge in [-0.1, -0.05) is 11.6 Å². The zero-order valence-corrected chi connectivity index (χ0v) is 20.2. The molecule has 11 heteroatoms. The third-order valence-electron chi connectivity index (χ3n) is 7.54. The van der Waals surface area contributed by atoms with Crippen molar-refractivity contribution in [2.45, 2.75) is 12.3 Å². The Hall–Kier alpha value is -3.08. The summed E-state index contributed by atoms with van der Waals surface area (Å²) in [5.74, 6) is 1.85. The molecule has 3 N–H and O–H groups in total. The SMILES string of the molecule is Cc1nc([C@]2(CN)[C@@H]3CN(c4cnc5c(-c6ccc7nn(C)cc7c6Cl)n[nH]c5n4)C[C@@H]32)cs1.